The number of nitrogens with two attached hydrogens (primary N) is 2. The van der Waals surface area contributed by atoms with Crippen LogP contribution in [0.4, 0.5) is 0 Å². The van der Waals surface area contributed by atoms with Crippen LogP contribution in [0.2, 0.25) is 0 Å². The molecule has 158 valence electrons. The topological polar surface area (TPSA) is 110 Å². The molecule has 7 heteroatoms. The average Bonchev–Trinajstić information content (AvgIpc) is 2.69. The number of aromatic hydroxyl groups is 1. The summed E-state index contributed by atoms with van der Waals surface area (Å²) in [6.45, 7) is 2.06. The molecule has 0 saturated heterocycles. The Balaban J connectivity index is 0.00000420. The number of unbranched alkanes of at least 4 members (excludes halogenated alkanes) is 1. The molecule has 5 N–H and O–H groups in total. The van der Waals surface area contributed by atoms with E-state index in [2.05, 4.69) is 12.1 Å². The highest BCUT2D eigenvalue weighted by Gasteiger charge is 2.27. The van der Waals surface area contributed by atoms with Gasteiger partial charge in [0.15, 0.2) is 0 Å². The Morgan fingerprint density at radius 2 is 1.62 bits per heavy atom. The van der Waals surface area contributed by atoms with Gasteiger partial charge >= 0.3 is 0 Å². The Morgan fingerprint density at radius 1 is 1.00 bits per heavy atom. The van der Waals surface area contributed by atoms with E-state index >= 15 is 0 Å². The van der Waals surface area contributed by atoms with Crippen LogP contribution in [0.5, 0.6) is 5.75 Å². The first-order valence-corrected chi connectivity index (χ1v) is 9.55. The number of aryl methyl sites for hydroxylation is 1. The van der Waals surface area contributed by atoms with E-state index in [-0.39, 0.29) is 24.1 Å². The number of primary amides is 1. The summed E-state index contributed by atoms with van der Waals surface area (Å²) in [6.07, 6.45) is 2.88. The van der Waals surface area contributed by atoms with Crippen molar-refractivity contribution in [2.45, 2.75) is 44.7 Å². The third-order valence-electron chi connectivity index (χ3n) is 4.83. The quantitative estimate of drug-likeness (QED) is 0.513. The van der Waals surface area contributed by atoms with Crippen molar-refractivity contribution in [2.75, 3.05) is 6.54 Å². The molecule has 0 unspecified atom stereocenters. The second-order valence-corrected chi connectivity index (χ2v) is 7.03. The van der Waals surface area contributed by atoms with Crippen LogP contribution in [0, 0.1) is 0 Å². The fraction of sp³-hybridized carbons (Fsp3) is 0.364. The summed E-state index contributed by atoms with van der Waals surface area (Å²) < 4.78 is 0. The van der Waals surface area contributed by atoms with Crippen molar-refractivity contribution in [3.63, 3.8) is 0 Å². The van der Waals surface area contributed by atoms with Crippen LogP contribution in [0.1, 0.15) is 30.9 Å². The van der Waals surface area contributed by atoms with Gasteiger partial charge in [-0.05, 0) is 55.9 Å². The highest BCUT2D eigenvalue weighted by Crippen LogP contribution is 2.13. The normalized spacial score (nSPS) is 12.5. The van der Waals surface area contributed by atoms with E-state index in [1.54, 1.807) is 31.2 Å². The van der Waals surface area contributed by atoms with Crippen molar-refractivity contribution in [2.24, 2.45) is 11.5 Å². The number of halogens is 1. The molecular formula is C22H30ClN3O3. The minimum Gasteiger partial charge on any atom is -0.508 e. The number of benzene rings is 2. The Bertz CT molecular complexity index is 769. The number of hydrogen-bond acceptors (Lipinski definition) is 4. The summed E-state index contributed by atoms with van der Waals surface area (Å²) in [7, 11) is 0. The van der Waals surface area contributed by atoms with E-state index in [0.717, 1.165) is 24.8 Å². The van der Waals surface area contributed by atoms with Gasteiger partial charge in [-0.3, -0.25) is 9.59 Å². The fourth-order valence-corrected chi connectivity index (χ4v) is 3.09. The molecule has 0 aliphatic heterocycles. The molecule has 6 nitrogen and oxygen atoms in total. The highest BCUT2D eigenvalue weighted by molar-refractivity contribution is 5.88. The van der Waals surface area contributed by atoms with E-state index in [0.29, 0.717) is 13.0 Å². The van der Waals surface area contributed by atoms with Gasteiger partial charge in [-0.1, -0.05) is 42.5 Å². The molecule has 2 amide bonds. The second kappa shape index (κ2) is 12.1. The summed E-state index contributed by atoms with van der Waals surface area (Å²) in [5, 5.41) is 9.37. The number of nitrogens with zero attached hydrogens (tertiary/aromatic N) is 1. The monoisotopic (exact) mass is 419 g/mol. The lowest BCUT2D eigenvalue weighted by Crippen LogP contribution is -2.52. The van der Waals surface area contributed by atoms with E-state index < -0.39 is 18.0 Å². The molecule has 0 aliphatic carbocycles. The van der Waals surface area contributed by atoms with Crippen LogP contribution in [-0.4, -0.2) is 40.4 Å². The summed E-state index contributed by atoms with van der Waals surface area (Å²) in [5.41, 5.74) is 13.6. The van der Waals surface area contributed by atoms with Gasteiger partial charge in [0.1, 0.15) is 11.8 Å². The van der Waals surface area contributed by atoms with E-state index in [1.807, 2.05) is 18.2 Å². The maximum Gasteiger partial charge on any atom is 0.240 e. The lowest BCUT2D eigenvalue weighted by atomic mass is 10.0. The zero-order valence-corrected chi connectivity index (χ0v) is 17.5. The van der Waals surface area contributed by atoms with E-state index in [1.165, 1.54) is 10.5 Å². The maximum atomic E-state index is 12.9. The van der Waals surface area contributed by atoms with Crippen LogP contribution in [0.25, 0.3) is 0 Å². The van der Waals surface area contributed by atoms with Crippen LogP contribution >= 0.6 is 12.4 Å². The Kier molecular flexibility index (Phi) is 10.2. The fourth-order valence-electron chi connectivity index (χ4n) is 3.09. The van der Waals surface area contributed by atoms with Gasteiger partial charge in [0.05, 0.1) is 6.04 Å². The minimum absolute atomic E-state index is 0. The van der Waals surface area contributed by atoms with Gasteiger partial charge in [-0.25, -0.2) is 0 Å². The van der Waals surface area contributed by atoms with Gasteiger partial charge in [0.25, 0.3) is 0 Å². The molecule has 2 aromatic carbocycles. The number of hydrogen-bond donors (Lipinski definition) is 3. The number of phenolic OH excluding ortho intramolecular Hbond substituents is 1. The summed E-state index contributed by atoms with van der Waals surface area (Å²) in [4.78, 5) is 26.0. The molecule has 0 spiro atoms. The standard InChI is InChI=1S/C22H29N3O3.ClH/c1-16(21(24)27)25(14-6-5-9-17-7-3-2-4-8-17)22(28)20(23)15-18-10-12-19(26)13-11-18;/h2-4,7-8,10-13,16,20,26H,5-6,9,14-15,23H2,1H3,(H2,24,27);1H/t16-,20+;/m1./s1. The molecule has 0 bridgehead atoms. The highest BCUT2D eigenvalue weighted by atomic mass is 35.5. The van der Waals surface area contributed by atoms with Crippen LogP contribution < -0.4 is 11.5 Å². The molecule has 2 atom stereocenters. The zero-order valence-electron chi connectivity index (χ0n) is 16.7. The smallest absolute Gasteiger partial charge is 0.240 e. The zero-order chi connectivity index (χ0) is 20.5. The predicted molar refractivity (Wildman–Crippen MR) is 117 cm³/mol. The molecule has 0 aliphatic rings. The summed E-state index contributed by atoms with van der Waals surface area (Å²) in [6, 6.07) is 15.2. The van der Waals surface area contributed by atoms with Gasteiger partial charge in [-0.2, -0.15) is 0 Å². The third-order valence-corrected chi connectivity index (χ3v) is 4.83. The third kappa shape index (κ3) is 7.75. The predicted octanol–water partition coefficient (Wildman–Crippen LogP) is 2.41. The lowest BCUT2D eigenvalue weighted by molar-refractivity contribution is -0.139. The first-order valence-electron chi connectivity index (χ1n) is 9.55. The van der Waals surface area contributed by atoms with E-state index in [4.69, 9.17) is 11.5 Å². The van der Waals surface area contributed by atoms with Crippen molar-refractivity contribution < 1.29 is 14.7 Å². The molecule has 0 saturated carbocycles. The Hall–Kier alpha value is -2.57. The lowest BCUT2D eigenvalue weighted by Gasteiger charge is -2.30. The number of carbonyl (C=O) groups excluding carboxylic acids is 2. The molecule has 0 radical (unpaired) electrons. The van der Waals surface area contributed by atoms with Gasteiger partial charge in [0, 0.05) is 6.54 Å². The number of carbonyl (C=O) groups is 2. The second-order valence-electron chi connectivity index (χ2n) is 7.03. The van der Waals surface area contributed by atoms with Crippen molar-refractivity contribution in [3.8, 4) is 5.75 Å². The molecule has 29 heavy (non-hydrogen) atoms. The SMILES string of the molecule is C[C@H](C(N)=O)N(CCCCc1ccccc1)C(=O)[C@@H](N)Cc1ccc(O)cc1.Cl. The Labute approximate surface area is 178 Å². The first kappa shape index (κ1) is 24.5. The first-order chi connectivity index (χ1) is 13.4. The summed E-state index contributed by atoms with van der Waals surface area (Å²) >= 11 is 0. The van der Waals surface area contributed by atoms with E-state index in [9.17, 15) is 14.7 Å². The maximum absolute atomic E-state index is 12.9. The number of phenols is 1. The summed E-state index contributed by atoms with van der Waals surface area (Å²) in [5.74, 6) is -0.682. The number of amides is 2. The molecular weight excluding hydrogens is 390 g/mol. The molecule has 0 heterocycles. The van der Waals surface area contributed by atoms with Gasteiger partial charge < -0.3 is 21.5 Å². The van der Waals surface area contributed by atoms with Gasteiger partial charge in [0.2, 0.25) is 11.8 Å². The number of rotatable bonds is 10. The van der Waals surface area contributed by atoms with Crippen molar-refractivity contribution in [1.29, 1.82) is 0 Å². The van der Waals surface area contributed by atoms with Crippen molar-refractivity contribution in [1.82, 2.24) is 4.90 Å². The molecule has 2 aromatic rings. The molecule has 0 aromatic heterocycles. The minimum atomic E-state index is -0.777. The van der Waals surface area contributed by atoms with Gasteiger partial charge in [-0.15, -0.1) is 12.4 Å². The molecule has 2 rings (SSSR count). The van der Waals surface area contributed by atoms with Crippen LogP contribution in [0.3, 0.4) is 0 Å². The average molecular weight is 420 g/mol. The Morgan fingerprint density at radius 3 is 2.21 bits per heavy atom. The molecule has 0 fully saturated rings. The largest absolute Gasteiger partial charge is 0.508 e. The van der Waals surface area contributed by atoms with Crippen molar-refractivity contribution >= 4 is 24.2 Å². The van der Waals surface area contributed by atoms with Crippen LogP contribution in [-0.2, 0) is 22.4 Å². The van der Waals surface area contributed by atoms with Crippen LogP contribution in [0.15, 0.2) is 54.6 Å². The van der Waals surface area contributed by atoms with Crippen molar-refractivity contribution in [3.05, 3.63) is 65.7 Å².